The molecule has 0 radical (unpaired) electrons. The zero-order valence-corrected chi connectivity index (χ0v) is 11.9. The Bertz CT molecular complexity index is 611. The Balaban J connectivity index is 2.25. The maximum absolute atomic E-state index is 13.1. The Morgan fingerprint density at radius 3 is 2.74 bits per heavy atom. The molecule has 2 aromatic carbocycles. The Morgan fingerprint density at radius 1 is 1.26 bits per heavy atom. The lowest BCUT2D eigenvalue weighted by atomic mass is 10.0. The summed E-state index contributed by atoms with van der Waals surface area (Å²) in [5.41, 5.74) is 1.18. The maximum Gasteiger partial charge on any atom is 0.168 e. The van der Waals surface area contributed by atoms with Crippen molar-refractivity contribution in [3.8, 4) is 5.75 Å². The quantitative estimate of drug-likeness (QED) is 0.795. The summed E-state index contributed by atoms with van der Waals surface area (Å²) in [4.78, 5) is 12.2. The second-order valence-electron chi connectivity index (χ2n) is 4.08. The summed E-state index contributed by atoms with van der Waals surface area (Å²) in [7, 11) is 1.55. The minimum atomic E-state index is -0.338. The van der Waals surface area contributed by atoms with Gasteiger partial charge in [-0.05, 0) is 35.9 Å². The second kappa shape index (κ2) is 5.97. The van der Waals surface area contributed by atoms with Crippen molar-refractivity contribution in [3.63, 3.8) is 0 Å². The number of hydrogen-bond acceptors (Lipinski definition) is 2. The van der Waals surface area contributed by atoms with E-state index in [1.165, 1.54) is 12.1 Å². The standard InChI is InChI=1S/C15H12BrFO2/c1-19-12-5-6-14(16)13(9-12)15(18)8-10-3-2-4-11(17)7-10/h2-7,9H,8H2,1H3. The van der Waals surface area contributed by atoms with Crippen molar-refractivity contribution in [2.45, 2.75) is 6.42 Å². The first-order valence-electron chi connectivity index (χ1n) is 5.71. The van der Waals surface area contributed by atoms with Crippen LogP contribution in [-0.4, -0.2) is 12.9 Å². The average Bonchev–Trinajstić information content (AvgIpc) is 2.39. The summed E-state index contributed by atoms with van der Waals surface area (Å²) < 4.78 is 18.9. The fraction of sp³-hybridized carbons (Fsp3) is 0.133. The summed E-state index contributed by atoms with van der Waals surface area (Å²) in [5.74, 6) is 0.192. The molecule has 2 nitrogen and oxygen atoms in total. The molecule has 4 heteroatoms. The van der Waals surface area contributed by atoms with Crippen LogP contribution in [0.5, 0.6) is 5.75 Å². The molecule has 0 fully saturated rings. The average molecular weight is 323 g/mol. The number of carbonyl (C=O) groups is 1. The van der Waals surface area contributed by atoms with Crippen LogP contribution in [0.2, 0.25) is 0 Å². The third-order valence-corrected chi connectivity index (χ3v) is 3.42. The van der Waals surface area contributed by atoms with Gasteiger partial charge in [0.1, 0.15) is 11.6 Å². The van der Waals surface area contributed by atoms with Crippen molar-refractivity contribution in [3.05, 3.63) is 63.9 Å². The minimum Gasteiger partial charge on any atom is -0.497 e. The number of halogens is 2. The second-order valence-corrected chi connectivity index (χ2v) is 4.93. The van der Waals surface area contributed by atoms with Crippen molar-refractivity contribution in [2.75, 3.05) is 7.11 Å². The predicted molar refractivity (Wildman–Crippen MR) is 75.1 cm³/mol. The van der Waals surface area contributed by atoms with E-state index in [0.29, 0.717) is 21.3 Å². The molecule has 98 valence electrons. The molecule has 0 aliphatic carbocycles. The number of benzene rings is 2. The lowest BCUT2D eigenvalue weighted by Gasteiger charge is -2.07. The Hall–Kier alpha value is -1.68. The van der Waals surface area contributed by atoms with Crippen LogP contribution in [0, 0.1) is 5.82 Å². The van der Waals surface area contributed by atoms with Gasteiger partial charge < -0.3 is 4.74 Å². The van der Waals surface area contributed by atoms with Crippen LogP contribution in [-0.2, 0) is 6.42 Å². The van der Waals surface area contributed by atoms with E-state index in [-0.39, 0.29) is 18.0 Å². The van der Waals surface area contributed by atoms with Crippen LogP contribution in [0.15, 0.2) is 46.9 Å². The first-order chi connectivity index (χ1) is 9.10. The molecule has 0 aliphatic rings. The Labute approximate surface area is 119 Å². The molecular formula is C15H12BrFO2. The molecule has 19 heavy (non-hydrogen) atoms. The first-order valence-corrected chi connectivity index (χ1v) is 6.50. The molecule has 0 saturated heterocycles. The predicted octanol–water partition coefficient (Wildman–Crippen LogP) is 4.02. The van der Waals surface area contributed by atoms with Crippen molar-refractivity contribution >= 4 is 21.7 Å². The highest BCUT2D eigenvalue weighted by Gasteiger charge is 2.12. The van der Waals surface area contributed by atoms with Gasteiger partial charge in [0.05, 0.1) is 7.11 Å². The van der Waals surface area contributed by atoms with Gasteiger partial charge in [-0.2, -0.15) is 0 Å². The third-order valence-electron chi connectivity index (χ3n) is 2.73. The van der Waals surface area contributed by atoms with E-state index >= 15 is 0 Å². The van der Waals surface area contributed by atoms with Gasteiger partial charge in [0.25, 0.3) is 0 Å². The number of hydrogen-bond donors (Lipinski definition) is 0. The highest BCUT2D eigenvalue weighted by molar-refractivity contribution is 9.10. The largest absolute Gasteiger partial charge is 0.497 e. The van der Waals surface area contributed by atoms with Crippen LogP contribution >= 0.6 is 15.9 Å². The molecule has 0 amide bonds. The molecule has 0 unspecified atom stereocenters. The fourth-order valence-electron chi connectivity index (χ4n) is 1.77. The fourth-order valence-corrected chi connectivity index (χ4v) is 2.24. The molecule has 0 heterocycles. The van der Waals surface area contributed by atoms with Crippen LogP contribution in [0.25, 0.3) is 0 Å². The van der Waals surface area contributed by atoms with Crippen LogP contribution in [0.4, 0.5) is 4.39 Å². The summed E-state index contributed by atoms with van der Waals surface area (Å²) in [5, 5.41) is 0. The van der Waals surface area contributed by atoms with Crippen molar-refractivity contribution in [2.24, 2.45) is 0 Å². The van der Waals surface area contributed by atoms with E-state index in [1.807, 2.05) is 0 Å². The van der Waals surface area contributed by atoms with Gasteiger partial charge in [-0.1, -0.05) is 28.1 Å². The molecule has 0 aromatic heterocycles. The van der Waals surface area contributed by atoms with Crippen molar-refractivity contribution < 1.29 is 13.9 Å². The molecular weight excluding hydrogens is 311 g/mol. The van der Waals surface area contributed by atoms with Crippen LogP contribution < -0.4 is 4.74 Å². The highest BCUT2D eigenvalue weighted by Crippen LogP contribution is 2.24. The summed E-state index contributed by atoms with van der Waals surface area (Å²) >= 11 is 3.34. The topological polar surface area (TPSA) is 26.3 Å². The number of ether oxygens (including phenoxy) is 1. The zero-order chi connectivity index (χ0) is 13.8. The molecule has 2 rings (SSSR count). The monoisotopic (exact) mass is 322 g/mol. The number of Topliss-reactive ketones (excluding diaryl/α,β-unsaturated/α-hetero) is 1. The lowest BCUT2D eigenvalue weighted by molar-refractivity contribution is 0.0992. The summed E-state index contributed by atoms with van der Waals surface area (Å²) in [6.45, 7) is 0. The van der Waals surface area contributed by atoms with E-state index < -0.39 is 0 Å². The van der Waals surface area contributed by atoms with Crippen molar-refractivity contribution in [1.29, 1.82) is 0 Å². The van der Waals surface area contributed by atoms with Gasteiger partial charge in [0.15, 0.2) is 5.78 Å². The van der Waals surface area contributed by atoms with Gasteiger partial charge in [0, 0.05) is 16.5 Å². The van der Waals surface area contributed by atoms with E-state index in [2.05, 4.69) is 15.9 Å². The van der Waals surface area contributed by atoms with Crippen molar-refractivity contribution in [1.82, 2.24) is 0 Å². The number of rotatable bonds is 4. The van der Waals surface area contributed by atoms with Gasteiger partial charge in [-0.25, -0.2) is 4.39 Å². The molecule has 0 bridgehead atoms. The molecule has 0 N–H and O–H groups in total. The number of methoxy groups -OCH3 is 1. The number of carbonyl (C=O) groups excluding carboxylic acids is 1. The van der Waals surface area contributed by atoms with Crippen LogP contribution in [0.3, 0.4) is 0 Å². The summed E-state index contributed by atoms with van der Waals surface area (Å²) in [6.07, 6.45) is 0.156. The Kier molecular flexibility index (Phi) is 4.32. The minimum absolute atomic E-state index is 0.0867. The molecule has 0 atom stereocenters. The van der Waals surface area contributed by atoms with Gasteiger partial charge >= 0.3 is 0 Å². The van der Waals surface area contributed by atoms with Gasteiger partial charge in [-0.15, -0.1) is 0 Å². The SMILES string of the molecule is COc1ccc(Br)c(C(=O)Cc2cccc(F)c2)c1. The van der Waals surface area contributed by atoms with Gasteiger partial charge in [0.2, 0.25) is 0 Å². The van der Waals surface area contributed by atoms with E-state index in [4.69, 9.17) is 4.74 Å². The molecule has 2 aromatic rings. The maximum atomic E-state index is 13.1. The molecule has 0 spiro atoms. The normalized spacial score (nSPS) is 10.3. The lowest BCUT2D eigenvalue weighted by Crippen LogP contribution is -2.05. The zero-order valence-electron chi connectivity index (χ0n) is 10.3. The smallest absolute Gasteiger partial charge is 0.168 e. The van der Waals surface area contributed by atoms with Gasteiger partial charge in [-0.3, -0.25) is 4.79 Å². The molecule has 0 saturated carbocycles. The molecule has 0 aliphatic heterocycles. The third kappa shape index (κ3) is 3.41. The van der Waals surface area contributed by atoms with E-state index in [9.17, 15) is 9.18 Å². The van der Waals surface area contributed by atoms with E-state index in [0.717, 1.165) is 0 Å². The highest BCUT2D eigenvalue weighted by atomic mass is 79.9. The van der Waals surface area contributed by atoms with E-state index in [1.54, 1.807) is 37.4 Å². The first kappa shape index (κ1) is 13.7. The number of ketones is 1. The van der Waals surface area contributed by atoms with Crippen LogP contribution in [0.1, 0.15) is 15.9 Å². The summed E-state index contributed by atoms with van der Waals surface area (Å²) in [6, 6.07) is 11.3. The Morgan fingerprint density at radius 2 is 2.05 bits per heavy atom.